The fourth-order valence-corrected chi connectivity index (χ4v) is 2.87. The van der Waals surface area contributed by atoms with Crippen LogP contribution in [-0.4, -0.2) is 18.2 Å². The van der Waals surface area contributed by atoms with Crippen molar-refractivity contribution in [2.75, 3.05) is 0 Å². The number of hydrogen-bond donors (Lipinski definition) is 0. The zero-order chi connectivity index (χ0) is 15.6. The van der Waals surface area contributed by atoms with Crippen LogP contribution in [0.5, 0.6) is 5.75 Å². The Kier molecular flexibility index (Phi) is 4.58. The Balaban J connectivity index is 2.20. The SMILES string of the molecule is Cc1ccc(OCc2ccn(C(C)C)n2)c(S(=O)(=O)Cl)c1. The number of nitrogens with zero attached hydrogens (tertiary/aromatic N) is 2. The van der Waals surface area contributed by atoms with Crippen molar-refractivity contribution >= 4 is 19.7 Å². The van der Waals surface area contributed by atoms with E-state index in [2.05, 4.69) is 5.10 Å². The van der Waals surface area contributed by atoms with Gasteiger partial charge in [-0.05, 0) is 44.5 Å². The minimum Gasteiger partial charge on any atom is -0.486 e. The molecule has 2 rings (SSSR count). The first kappa shape index (κ1) is 15.9. The zero-order valence-electron chi connectivity index (χ0n) is 12.1. The topological polar surface area (TPSA) is 61.2 Å². The molecule has 0 spiro atoms. The van der Waals surface area contributed by atoms with E-state index in [1.807, 2.05) is 30.8 Å². The lowest BCUT2D eigenvalue weighted by atomic mass is 10.2. The molecule has 21 heavy (non-hydrogen) atoms. The van der Waals surface area contributed by atoms with Crippen molar-refractivity contribution in [2.24, 2.45) is 0 Å². The van der Waals surface area contributed by atoms with Crippen molar-refractivity contribution in [3.05, 3.63) is 41.7 Å². The third-order valence-corrected chi connectivity index (χ3v) is 4.27. The Morgan fingerprint density at radius 3 is 2.62 bits per heavy atom. The van der Waals surface area contributed by atoms with E-state index in [1.54, 1.807) is 19.1 Å². The summed E-state index contributed by atoms with van der Waals surface area (Å²) in [5.74, 6) is 0.231. The van der Waals surface area contributed by atoms with E-state index in [0.717, 1.165) is 11.3 Å². The van der Waals surface area contributed by atoms with Gasteiger partial charge in [-0.1, -0.05) is 6.07 Å². The lowest BCUT2D eigenvalue weighted by molar-refractivity contribution is 0.291. The first-order valence-electron chi connectivity index (χ1n) is 6.49. The summed E-state index contributed by atoms with van der Waals surface area (Å²) in [6.45, 7) is 6.02. The summed E-state index contributed by atoms with van der Waals surface area (Å²) in [6, 6.07) is 6.96. The summed E-state index contributed by atoms with van der Waals surface area (Å²) in [5.41, 5.74) is 1.52. The van der Waals surface area contributed by atoms with Gasteiger partial charge in [0.1, 0.15) is 17.3 Å². The number of aromatic nitrogens is 2. The molecule has 0 radical (unpaired) electrons. The Hall–Kier alpha value is -1.53. The molecule has 1 heterocycles. The summed E-state index contributed by atoms with van der Waals surface area (Å²) < 4.78 is 30.5. The van der Waals surface area contributed by atoms with Crippen LogP contribution in [0.25, 0.3) is 0 Å². The highest BCUT2D eigenvalue weighted by molar-refractivity contribution is 8.13. The molecule has 0 fully saturated rings. The summed E-state index contributed by atoms with van der Waals surface area (Å²) in [6.07, 6.45) is 1.86. The minimum atomic E-state index is -3.85. The minimum absolute atomic E-state index is 0.0209. The van der Waals surface area contributed by atoms with Crippen LogP contribution in [0.4, 0.5) is 0 Å². The lowest BCUT2D eigenvalue weighted by Gasteiger charge is -2.09. The number of benzene rings is 1. The summed E-state index contributed by atoms with van der Waals surface area (Å²) >= 11 is 0. The number of rotatable bonds is 5. The van der Waals surface area contributed by atoms with Gasteiger partial charge in [-0.3, -0.25) is 4.68 Å². The molecule has 1 aromatic carbocycles. The van der Waals surface area contributed by atoms with Crippen molar-refractivity contribution in [1.82, 2.24) is 9.78 Å². The number of aryl methyl sites for hydroxylation is 1. The third kappa shape index (κ3) is 3.98. The van der Waals surface area contributed by atoms with Gasteiger partial charge < -0.3 is 4.74 Å². The fraction of sp³-hybridized carbons (Fsp3) is 0.357. The van der Waals surface area contributed by atoms with Gasteiger partial charge in [-0.25, -0.2) is 8.42 Å². The molecule has 7 heteroatoms. The largest absolute Gasteiger partial charge is 0.486 e. The van der Waals surface area contributed by atoms with Gasteiger partial charge in [0.2, 0.25) is 0 Å². The van der Waals surface area contributed by atoms with Crippen LogP contribution in [0.1, 0.15) is 31.1 Å². The maximum Gasteiger partial charge on any atom is 0.264 e. The van der Waals surface area contributed by atoms with Crippen LogP contribution < -0.4 is 4.74 Å². The standard InChI is InChI=1S/C14H17ClN2O3S/c1-10(2)17-7-6-12(16-17)9-20-13-5-4-11(3)8-14(13)21(15,18)19/h4-8,10H,9H2,1-3H3. The third-order valence-electron chi connectivity index (χ3n) is 2.93. The molecule has 0 bridgehead atoms. The molecular weight excluding hydrogens is 312 g/mol. The second-order valence-corrected chi connectivity index (χ2v) is 7.59. The van der Waals surface area contributed by atoms with Gasteiger partial charge >= 0.3 is 0 Å². The van der Waals surface area contributed by atoms with E-state index in [-0.39, 0.29) is 23.3 Å². The maximum absolute atomic E-state index is 11.6. The summed E-state index contributed by atoms with van der Waals surface area (Å²) in [5, 5.41) is 4.34. The molecule has 0 aliphatic rings. The Morgan fingerprint density at radius 2 is 2.05 bits per heavy atom. The van der Waals surface area contributed by atoms with Crippen LogP contribution in [0, 0.1) is 6.92 Å². The van der Waals surface area contributed by atoms with Crippen molar-refractivity contribution in [1.29, 1.82) is 0 Å². The average Bonchev–Trinajstić information content (AvgIpc) is 2.85. The van der Waals surface area contributed by atoms with Crippen molar-refractivity contribution in [2.45, 2.75) is 38.3 Å². The first-order chi connectivity index (χ1) is 9.77. The zero-order valence-corrected chi connectivity index (χ0v) is 13.6. The van der Waals surface area contributed by atoms with Crippen molar-refractivity contribution in [3.63, 3.8) is 0 Å². The van der Waals surface area contributed by atoms with E-state index < -0.39 is 9.05 Å². The van der Waals surface area contributed by atoms with E-state index in [0.29, 0.717) is 0 Å². The molecular formula is C14H17ClN2O3S. The molecule has 0 N–H and O–H groups in total. The second-order valence-electron chi connectivity index (χ2n) is 5.06. The smallest absolute Gasteiger partial charge is 0.264 e. The highest BCUT2D eigenvalue weighted by Gasteiger charge is 2.17. The average molecular weight is 329 g/mol. The van der Waals surface area contributed by atoms with Gasteiger partial charge in [-0.2, -0.15) is 5.10 Å². The second kappa shape index (κ2) is 6.07. The summed E-state index contributed by atoms with van der Waals surface area (Å²) in [7, 11) is 1.59. The van der Waals surface area contributed by atoms with Gasteiger partial charge in [0.15, 0.2) is 0 Å². The Labute approximate surface area is 128 Å². The number of ether oxygens (including phenoxy) is 1. The number of hydrogen-bond acceptors (Lipinski definition) is 4. The van der Waals surface area contributed by atoms with Crippen LogP contribution in [-0.2, 0) is 15.7 Å². The molecule has 5 nitrogen and oxygen atoms in total. The van der Waals surface area contributed by atoms with Gasteiger partial charge in [0, 0.05) is 22.9 Å². The Bertz CT molecular complexity index is 738. The molecule has 114 valence electrons. The van der Waals surface area contributed by atoms with Gasteiger partial charge in [0.25, 0.3) is 9.05 Å². The quantitative estimate of drug-likeness (QED) is 0.790. The molecule has 0 unspecified atom stereocenters. The van der Waals surface area contributed by atoms with Crippen LogP contribution in [0.3, 0.4) is 0 Å². The molecule has 0 saturated heterocycles. The van der Waals surface area contributed by atoms with E-state index in [9.17, 15) is 8.42 Å². The van der Waals surface area contributed by atoms with E-state index in [4.69, 9.17) is 15.4 Å². The highest BCUT2D eigenvalue weighted by Crippen LogP contribution is 2.28. The predicted octanol–water partition coefficient (Wildman–Crippen LogP) is 3.28. The molecule has 0 aliphatic carbocycles. The maximum atomic E-state index is 11.6. The first-order valence-corrected chi connectivity index (χ1v) is 8.80. The van der Waals surface area contributed by atoms with Gasteiger partial charge in [0.05, 0.1) is 5.69 Å². The van der Waals surface area contributed by atoms with Crippen molar-refractivity contribution in [3.8, 4) is 5.75 Å². The fourth-order valence-electron chi connectivity index (χ4n) is 1.82. The highest BCUT2D eigenvalue weighted by atomic mass is 35.7. The molecule has 0 aliphatic heterocycles. The van der Waals surface area contributed by atoms with Crippen LogP contribution in [0.2, 0.25) is 0 Å². The number of halogens is 1. The normalized spacial score (nSPS) is 11.9. The van der Waals surface area contributed by atoms with E-state index in [1.165, 1.54) is 6.07 Å². The van der Waals surface area contributed by atoms with Crippen LogP contribution in [0.15, 0.2) is 35.4 Å². The molecule has 0 amide bonds. The van der Waals surface area contributed by atoms with Crippen molar-refractivity contribution < 1.29 is 13.2 Å². The Morgan fingerprint density at radius 1 is 1.33 bits per heavy atom. The van der Waals surface area contributed by atoms with E-state index >= 15 is 0 Å². The molecule has 1 aromatic heterocycles. The monoisotopic (exact) mass is 328 g/mol. The summed E-state index contributed by atoms with van der Waals surface area (Å²) in [4.78, 5) is -0.0209. The predicted molar refractivity (Wildman–Crippen MR) is 81.2 cm³/mol. The molecule has 2 aromatic rings. The molecule has 0 saturated carbocycles. The molecule has 0 atom stereocenters. The van der Waals surface area contributed by atoms with Gasteiger partial charge in [-0.15, -0.1) is 0 Å². The van der Waals surface area contributed by atoms with Crippen LogP contribution >= 0.6 is 10.7 Å². The lowest BCUT2D eigenvalue weighted by Crippen LogP contribution is -2.04.